The first-order chi connectivity index (χ1) is 12.8. The number of benzene rings is 1. The van der Waals surface area contributed by atoms with Gasteiger partial charge in [0.2, 0.25) is 0 Å². The van der Waals surface area contributed by atoms with E-state index >= 15 is 0 Å². The summed E-state index contributed by atoms with van der Waals surface area (Å²) in [5.74, 6) is 1.39. The number of likely N-dealkylation sites (tertiary alicyclic amines) is 1. The maximum atomic E-state index is 12.8. The molecular formula is C21H30N2O3. The summed E-state index contributed by atoms with van der Waals surface area (Å²) in [5.41, 5.74) is 0.807. The Bertz CT molecular complexity index is 634. The number of fused-ring (bicyclic) bond motifs is 1. The summed E-state index contributed by atoms with van der Waals surface area (Å²) in [4.78, 5) is 15.4. The van der Waals surface area contributed by atoms with Crippen molar-refractivity contribution in [3.05, 3.63) is 23.8 Å². The van der Waals surface area contributed by atoms with Gasteiger partial charge < -0.3 is 14.8 Å². The van der Waals surface area contributed by atoms with Crippen LogP contribution in [0.15, 0.2) is 18.2 Å². The van der Waals surface area contributed by atoms with Crippen molar-refractivity contribution in [3.8, 4) is 11.5 Å². The second-order valence-electron chi connectivity index (χ2n) is 7.87. The van der Waals surface area contributed by atoms with E-state index in [1.54, 1.807) is 6.07 Å². The molecule has 4 rings (SSSR count). The van der Waals surface area contributed by atoms with Gasteiger partial charge in [-0.15, -0.1) is 0 Å². The molecule has 1 saturated heterocycles. The predicted molar refractivity (Wildman–Crippen MR) is 101 cm³/mol. The maximum absolute atomic E-state index is 12.8. The number of ether oxygens (including phenoxy) is 2. The van der Waals surface area contributed by atoms with Crippen LogP contribution in [0.1, 0.15) is 61.7 Å². The number of nitrogens with one attached hydrogen (secondary N) is 1. The molecule has 5 heteroatoms. The molecule has 1 amide bonds. The Balaban J connectivity index is 1.44. The normalized spacial score (nSPS) is 22.6. The van der Waals surface area contributed by atoms with Crippen molar-refractivity contribution in [2.75, 3.05) is 32.8 Å². The molecule has 26 heavy (non-hydrogen) atoms. The number of amides is 1. The van der Waals surface area contributed by atoms with E-state index in [0.717, 1.165) is 12.3 Å². The van der Waals surface area contributed by atoms with E-state index in [4.69, 9.17) is 9.47 Å². The van der Waals surface area contributed by atoms with Gasteiger partial charge in [0.15, 0.2) is 11.5 Å². The molecule has 142 valence electrons. The SMILES string of the molecule is O=C(NCC1(N2CCCCC2)CCCCC1)c1ccc2c(c1)OCCO2. The van der Waals surface area contributed by atoms with Crippen molar-refractivity contribution in [1.29, 1.82) is 0 Å². The fraction of sp³-hybridized carbons (Fsp3) is 0.667. The van der Waals surface area contributed by atoms with Crippen LogP contribution in [-0.2, 0) is 0 Å². The van der Waals surface area contributed by atoms with Crippen LogP contribution in [0.3, 0.4) is 0 Å². The van der Waals surface area contributed by atoms with Crippen LogP contribution in [0, 0.1) is 0 Å². The Morgan fingerprint density at radius 3 is 2.42 bits per heavy atom. The molecule has 0 bridgehead atoms. The highest BCUT2D eigenvalue weighted by atomic mass is 16.6. The number of rotatable bonds is 4. The molecule has 0 radical (unpaired) electrons. The molecule has 3 aliphatic rings. The van der Waals surface area contributed by atoms with E-state index in [1.165, 1.54) is 64.5 Å². The fourth-order valence-electron chi connectivity index (χ4n) is 4.71. The van der Waals surface area contributed by atoms with E-state index in [9.17, 15) is 4.79 Å². The van der Waals surface area contributed by atoms with Crippen molar-refractivity contribution in [3.63, 3.8) is 0 Å². The molecule has 1 saturated carbocycles. The number of carbonyl (C=O) groups is 1. The standard InChI is InChI=1S/C21H30N2O3/c24-20(17-7-8-18-19(15-17)26-14-13-25-18)22-16-21(9-3-1-4-10-21)23-11-5-2-6-12-23/h7-8,15H,1-6,9-14,16H2,(H,22,24). The van der Waals surface area contributed by atoms with Crippen LogP contribution in [0.2, 0.25) is 0 Å². The lowest BCUT2D eigenvalue weighted by atomic mass is 9.79. The van der Waals surface area contributed by atoms with Crippen LogP contribution in [0.25, 0.3) is 0 Å². The Morgan fingerprint density at radius 2 is 1.65 bits per heavy atom. The van der Waals surface area contributed by atoms with Crippen LogP contribution >= 0.6 is 0 Å². The molecule has 2 heterocycles. The lowest BCUT2D eigenvalue weighted by molar-refractivity contribution is 0.0326. The molecule has 1 aromatic carbocycles. The number of hydrogen-bond acceptors (Lipinski definition) is 4. The first kappa shape index (κ1) is 17.7. The molecule has 1 aromatic rings. The zero-order valence-electron chi connectivity index (χ0n) is 15.6. The summed E-state index contributed by atoms with van der Waals surface area (Å²) in [7, 11) is 0. The van der Waals surface area contributed by atoms with Crippen molar-refractivity contribution >= 4 is 5.91 Å². The lowest BCUT2D eigenvalue weighted by Crippen LogP contribution is -2.58. The largest absolute Gasteiger partial charge is 0.486 e. The third-order valence-electron chi connectivity index (χ3n) is 6.19. The third-order valence-corrected chi connectivity index (χ3v) is 6.19. The number of nitrogens with zero attached hydrogens (tertiary/aromatic N) is 1. The number of carbonyl (C=O) groups excluding carboxylic acids is 1. The minimum Gasteiger partial charge on any atom is -0.486 e. The Kier molecular flexibility index (Phi) is 5.34. The first-order valence-electron chi connectivity index (χ1n) is 10.2. The maximum Gasteiger partial charge on any atom is 0.251 e. The molecule has 0 unspecified atom stereocenters. The molecule has 0 atom stereocenters. The molecule has 5 nitrogen and oxygen atoms in total. The van der Waals surface area contributed by atoms with Crippen molar-refractivity contribution in [2.24, 2.45) is 0 Å². The smallest absolute Gasteiger partial charge is 0.251 e. The van der Waals surface area contributed by atoms with E-state index in [2.05, 4.69) is 10.2 Å². The van der Waals surface area contributed by atoms with Gasteiger partial charge in [-0.25, -0.2) is 0 Å². The monoisotopic (exact) mass is 358 g/mol. The molecule has 2 aliphatic heterocycles. The quantitative estimate of drug-likeness (QED) is 0.896. The Hall–Kier alpha value is -1.75. The molecular weight excluding hydrogens is 328 g/mol. The van der Waals surface area contributed by atoms with Gasteiger partial charge in [-0.3, -0.25) is 9.69 Å². The highest BCUT2D eigenvalue weighted by Crippen LogP contribution is 2.35. The average Bonchev–Trinajstić information content (AvgIpc) is 2.73. The van der Waals surface area contributed by atoms with Gasteiger partial charge >= 0.3 is 0 Å². The molecule has 1 aliphatic carbocycles. The molecule has 2 fully saturated rings. The topological polar surface area (TPSA) is 50.8 Å². The minimum absolute atomic E-state index is 0.0102. The number of hydrogen-bond donors (Lipinski definition) is 1. The van der Waals surface area contributed by atoms with Gasteiger partial charge in [-0.2, -0.15) is 0 Å². The molecule has 0 aromatic heterocycles. The highest BCUT2D eigenvalue weighted by Gasteiger charge is 2.38. The second kappa shape index (κ2) is 7.87. The van der Waals surface area contributed by atoms with Gasteiger partial charge in [-0.1, -0.05) is 25.7 Å². The van der Waals surface area contributed by atoms with Gasteiger partial charge in [-0.05, 0) is 57.0 Å². The van der Waals surface area contributed by atoms with Gasteiger partial charge in [0, 0.05) is 17.6 Å². The van der Waals surface area contributed by atoms with Crippen molar-refractivity contribution in [2.45, 2.75) is 56.9 Å². The minimum atomic E-state index is -0.0102. The van der Waals surface area contributed by atoms with E-state index in [0.29, 0.717) is 24.5 Å². The van der Waals surface area contributed by atoms with Gasteiger partial charge in [0.1, 0.15) is 13.2 Å². The summed E-state index contributed by atoms with van der Waals surface area (Å²) in [5, 5.41) is 3.24. The van der Waals surface area contributed by atoms with E-state index < -0.39 is 0 Å². The average molecular weight is 358 g/mol. The third kappa shape index (κ3) is 3.68. The van der Waals surface area contributed by atoms with Gasteiger partial charge in [0.25, 0.3) is 5.91 Å². The van der Waals surface area contributed by atoms with E-state index in [1.807, 2.05) is 12.1 Å². The van der Waals surface area contributed by atoms with Crippen LogP contribution < -0.4 is 14.8 Å². The lowest BCUT2D eigenvalue weighted by Gasteiger charge is -2.48. The number of piperidine rings is 1. The summed E-state index contributed by atoms with van der Waals surface area (Å²) in [6.07, 6.45) is 10.2. The summed E-state index contributed by atoms with van der Waals surface area (Å²) < 4.78 is 11.2. The second-order valence-corrected chi connectivity index (χ2v) is 7.87. The summed E-state index contributed by atoms with van der Waals surface area (Å²) in [6.45, 7) is 4.22. The Morgan fingerprint density at radius 1 is 0.962 bits per heavy atom. The summed E-state index contributed by atoms with van der Waals surface area (Å²) in [6, 6.07) is 5.47. The fourth-order valence-corrected chi connectivity index (χ4v) is 4.71. The van der Waals surface area contributed by atoms with Crippen LogP contribution in [0.5, 0.6) is 11.5 Å². The zero-order chi connectivity index (χ0) is 17.8. The highest BCUT2D eigenvalue weighted by molar-refractivity contribution is 5.95. The Labute approximate surface area is 156 Å². The molecule has 0 spiro atoms. The van der Waals surface area contributed by atoms with Crippen LogP contribution in [-0.4, -0.2) is 49.2 Å². The van der Waals surface area contributed by atoms with Crippen LogP contribution in [0.4, 0.5) is 0 Å². The van der Waals surface area contributed by atoms with E-state index in [-0.39, 0.29) is 11.4 Å². The predicted octanol–water partition coefficient (Wildman–Crippen LogP) is 3.38. The van der Waals surface area contributed by atoms with Crippen molar-refractivity contribution in [1.82, 2.24) is 10.2 Å². The molecule has 1 N–H and O–H groups in total. The first-order valence-corrected chi connectivity index (χ1v) is 10.2. The zero-order valence-corrected chi connectivity index (χ0v) is 15.6. The van der Waals surface area contributed by atoms with Gasteiger partial charge in [0.05, 0.1) is 0 Å². The summed E-state index contributed by atoms with van der Waals surface area (Å²) >= 11 is 0. The van der Waals surface area contributed by atoms with Crippen molar-refractivity contribution < 1.29 is 14.3 Å².